The molecule has 0 aromatic heterocycles. The minimum atomic E-state index is -0.288. The van der Waals surface area contributed by atoms with Gasteiger partial charge in [0.25, 0.3) is 0 Å². The van der Waals surface area contributed by atoms with Crippen LogP contribution in [0.1, 0.15) is 18.9 Å². The van der Waals surface area contributed by atoms with Crippen LogP contribution in [-0.4, -0.2) is 19.1 Å². The highest BCUT2D eigenvalue weighted by Crippen LogP contribution is 2.15. The molecule has 0 amide bonds. The van der Waals surface area contributed by atoms with E-state index in [0.717, 1.165) is 5.56 Å². The fraction of sp³-hybridized carbons (Fsp3) is 0.417. The minimum Gasteiger partial charge on any atom is -0.466 e. The Morgan fingerprint density at radius 3 is 2.94 bits per heavy atom. The Bertz CT molecular complexity index is 366. The smallest absolute Gasteiger partial charge is 0.307 e. The number of nitrogens with one attached hydrogen (secondary N) is 1. The quantitative estimate of drug-likeness (QED) is 0.782. The molecule has 0 saturated heterocycles. The van der Waals surface area contributed by atoms with Gasteiger partial charge in [-0.25, -0.2) is 4.39 Å². The number of benzene rings is 1. The van der Waals surface area contributed by atoms with E-state index in [2.05, 4.69) is 5.32 Å². The van der Waals surface area contributed by atoms with Crippen LogP contribution in [0.3, 0.4) is 0 Å². The molecule has 3 nitrogen and oxygen atoms in total. The lowest BCUT2D eigenvalue weighted by atomic mass is 10.2. The highest BCUT2D eigenvalue weighted by Gasteiger charge is 2.03. The minimum absolute atomic E-state index is 0.246. The van der Waals surface area contributed by atoms with Gasteiger partial charge in [0.1, 0.15) is 5.82 Å². The molecule has 1 N–H and O–H groups in total. The second-order valence-electron chi connectivity index (χ2n) is 3.44. The Kier molecular flexibility index (Phi) is 4.76. The number of esters is 1. The molecular formula is C12H16FNO2. The maximum atomic E-state index is 12.9. The summed E-state index contributed by atoms with van der Waals surface area (Å²) in [7, 11) is 0. The summed E-state index contributed by atoms with van der Waals surface area (Å²) >= 11 is 0. The van der Waals surface area contributed by atoms with Crippen molar-refractivity contribution in [3.05, 3.63) is 29.6 Å². The second kappa shape index (κ2) is 6.10. The Morgan fingerprint density at radius 2 is 2.25 bits per heavy atom. The molecule has 0 aliphatic carbocycles. The molecule has 1 aromatic rings. The highest BCUT2D eigenvalue weighted by molar-refractivity contribution is 5.70. The number of hydrogen-bond acceptors (Lipinski definition) is 3. The monoisotopic (exact) mass is 225 g/mol. The molecule has 0 spiro atoms. The summed E-state index contributed by atoms with van der Waals surface area (Å²) in [6.45, 7) is 4.48. The maximum absolute atomic E-state index is 12.9. The average Bonchev–Trinajstić information content (AvgIpc) is 2.23. The number of carbonyl (C=O) groups excluding carboxylic acids is 1. The summed E-state index contributed by atoms with van der Waals surface area (Å²) in [5.41, 5.74) is 1.66. The Balaban J connectivity index is 2.42. The molecule has 0 radical (unpaired) electrons. The van der Waals surface area contributed by atoms with E-state index in [1.54, 1.807) is 13.0 Å². The molecule has 0 heterocycles. The van der Waals surface area contributed by atoms with E-state index < -0.39 is 0 Å². The molecule has 0 unspecified atom stereocenters. The van der Waals surface area contributed by atoms with Crippen molar-refractivity contribution in [2.75, 3.05) is 18.5 Å². The zero-order chi connectivity index (χ0) is 12.0. The number of anilines is 1. The molecule has 16 heavy (non-hydrogen) atoms. The fourth-order valence-corrected chi connectivity index (χ4v) is 1.32. The van der Waals surface area contributed by atoms with Crippen molar-refractivity contribution in [1.82, 2.24) is 0 Å². The lowest BCUT2D eigenvalue weighted by Gasteiger charge is -2.09. The zero-order valence-corrected chi connectivity index (χ0v) is 9.55. The predicted molar refractivity (Wildman–Crippen MR) is 60.9 cm³/mol. The van der Waals surface area contributed by atoms with Gasteiger partial charge < -0.3 is 10.1 Å². The van der Waals surface area contributed by atoms with Gasteiger partial charge in [-0.3, -0.25) is 4.79 Å². The summed E-state index contributed by atoms with van der Waals surface area (Å²) < 4.78 is 17.7. The molecular weight excluding hydrogens is 209 g/mol. The molecule has 4 heteroatoms. The van der Waals surface area contributed by atoms with Gasteiger partial charge >= 0.3 is 5.97 Å². The van der Waals surface area contributed by atoms with Crippen LogP contribution in [0.2, 0.25) is 0 Å². The molecule has 0 bridgehead atoms. The predicted octanol–water partition coefficient (Wildman–Crippen LogP) is 2.50. The summed E-state index contributed by atoms with van der Waals surface area (Å²) in [5.74, 6) is -0.534. The summed E-state index contributed by atoms with van der Waals surface area (Å²) in [6.07, 6.45) is 0.282. The molecule has 0 saturated carbocycles. The van der Waals surface area contributed by atoms with Gasteiger partial charge in [0.2, 0.25) is 0 Å². The molecule has 0 aliphatic rings. The van der Waals surface area contributed by atoms with Gasteiger partial charge in [-0.1, -0.05) is 6.07 Å². The second-order valence-corrected chi connectivity index (χ2v) is 3.44. The van der Waals surface area contributed by atoms with Crippen LogP contribution in [0.5, 0.6) is 0 Å². The van der Waals surface area contributed by atoms with Gasteiger partial charge in [-0.2, -0.15) is 0 Å². The fourth-order valence-electron chi connectivity index (χ4n) is 1.32. The van der Waals surface area contributed by atoms with Crippen molar-refractivity contribution in [1.29, 1.82) is 0 Å². The number of aryl methyl sites for hydroxylation is 1. The van der Waals surface area contributed by atoms with Crippen molar-refractivity contribution in [2.24, 2.45) is 0 Å². The van der Waals surface area contributed by atoms with Gasteiger partial charge in [0.15, 0.2) is 0 Å². The van der Waals surface area contributed by atoms with E-state index in [1.807, 2.05) is 6.92 Å². The number of ether oxygens (including phenoxy) is 1. The lowest BCUT2D eigenvalue weighted by molar-refractivity contribution is -0.142. The van der Waals surface area contributed by atoms with Crippen LogP contribution >= 0.6 is 0 Å². The highest BCUT2D eigenvalue weighted by atomic mass is 19.1. The number of rotatable bonds is 5. The summed E-state index contributed by atoms with van der Waals surface area (Å²) in [4.78, 5) is 11.0. The van der Waals surface area contributed by atoms with Gasteiger partial charge in [0, 0.05) is 12.2 Å². The van der Waals surface area contributed by atoms with Gasteiger partial charge in [0.05, 0.1) is 13.0 Å². The van der Waals surface area contributed by atoms with Crippen LogP contribution in [0.4, 0.5) is 10.1 Å². The average molecular weight is 225 g/mol. The zero-order valence-electron chi connectivity index (χ0n) is 9.55. The van der Waals surface area contributed by atoms with Crippen LogP contribution < -0.4 is 5.32 Å². The van der Waals surface area contributed by atoms with Crippen LogP contribution in [0, 0.1) is 12.7 Å². The first-order valence-corrected chi connectivity index (χ1v) is 5.29. The third-order valence-corrected chi connectivity index (χ3v) is 2.15. The topological polar surface area (TPSA) is 38.3 Å². The first-order valence-electron chi connectivity index (χ1n) is 5.29. The van der Waals surface area contributed by atoms with Crippen molar-refractivity contribution in [3.63, 3.8) is 0 Å². The van der Waals surface area contributed by atoms with E-state index in [4.69, 9.17) is 4.74 Å². The number of carbonyl (C=O) groups is 1. The molecule has 0 aliphatic heterocycles. The number of hydrogen-bond donors (Lipinski definition) is 1. The molecule has 1 rings (SSSR count). The third kappa shape index (κ3) is 3.88. The maximum Gasteiger partial charge on any atom is 0.307 e. The Morgan fingerprint density at radius 1 is 1.50 bits per heavy atom. The van der Waals surface area contributed by atoms with E-state index in [-0.39, 0.29) is 18.2 Å². The summed E-state index contributed by atoms with van der Waals surface area (Å²) in [6, 6.07) is 4.52. The molecule has 1 aromatic carbocycles. The summed E-state index contributed by atoms with van der Waals surface area (Å²) in [5, 5.41) is 3.00. The van der Waals surface area contributed by atoms with E-state index >= 15 is 0 Å². The van der Waals surface area contributed by atoms with Crippen molar-refractivity contribution >= 4 is 11.7 Å². The van der Waals surface area contributed by atoms with Crippen LogP contribution in [0.25, 0.3) is 0 Å². The van der Waals surface area contributed by atoms with Crippen molar-refractivity contribution in [3.8, 4) is 0 Å². The Labute approximate surface area is 94.6 Å². The SMILES string of the molecule is CCOC(=O)CCNc1cc(F)ccc1C. The van der Waals surface area contributed by atoms with Crippen molar-refractivity contribution in [2.45, 2.75) is 20.3 Å². The van der Waals surface area contributed by atoms with Crippen LogP contribution in [0.15, 0.2) is 18.2 Å². The standard InChI is InChI=1S/C12H16FNO2/c1-3-16-12(15)6-7-14-11-8-10(13)5-4-9(11)2/h4-5,8,14H,3,6-7H2,1-2H3. The van der Waals surface area contributed by atoms with Gasteiger partial charge in [-0.05, 0) is 31.5 Å². The van der Waals surface area contributed by atoms with E-state index in [9.17, 15) is 9.18 Å². The van der Waals surface area contributed by atoms with E-state index in [0.29, 0.717) is 18.8 Å². The Hall–Kier alpha value is -1.58. The largest absolute Gasteiger partial charge is 0.466 e. The first kappa shape index (κ1) is 12.5. The van der Waals surface area contributed by atoms with Crippen molar-refractivity contribution < 1.29 is 13.9 Å². The first-order chi connectivity index (χ1) is 7.63. The molecule has 88 valence electrons. The van der Waals surface area contributed by atoms with E-state index in [1.165, 1.54) is 12.1 Å². The molecule has 0 fully saturated rings. The van der Waals surface area contributed by atoms with Crippen LogP contribution in [-0.2, 0) is 9.53 Å². The number of halogens is 1. The molecule has 0 atom stereocenters. The normalized spacial score (nSPS) is 9.94. The third-order valence-electron chi connectivity index (χ3n) is 2.15. The lowest BCUT2D eigenvalue weighted by Crippen LogP contribution is -2.11. The van der Waals surface area contributed by atoms with Gasteiger partial charge in [-0.15, -0.1) is 0 Å².